The lowest BCUT2D eigenvalue weighted by molar-refractivity contribution is -0.109. The van der Waals surface area contributed by atoms with Gasteiger partial charge >= 0.3 is 0 Å². The van der Waals surface area contributed by atoms with E-state index in [4.69, 9.17) is 14.5 Å². The van der Waals surface area contributed by atoms with Gasteiger partial charge in [0.25, 0.3) is 0 Å². The van der Waals surface area contributed by atoms with Gasteiger partial charge in [-0.1, -0.05) is 32.0 Å². The van der Waals surface area contributed by atoms with Crippen LogP contribution in [0.5, 0.6) is 5.75 Å². The summed E-state index contributed by atoms with van der Waals surface area (Å²) in [5.41, 5.74) is 4.61. The van der Waals surface area contributed by atoms with Gasteiger partial charge in [-0.3, -0.25) is 0 Å². The molecule has 3 heterocycles. The lowest BCUT2D eigenvalue weighted by Gasteiger charge is -2.29. The van der Waals surface area contributed by atoms with E-state index in [1.807, 2.05) is 48.5 Å². The number of carbonyl (C=O) groups excluding carboxylic acids is 1. The normalized spacial score (nSPS) is 16.5. The molecule has 8 heteroatoms. The third-order valence-corrected chi connectivity index (χ3v) is 6.66. The Morgan fingerprint density at radius 1 is 1.13 bits per heavy atom. The van der Waals surface area contributed by atoms with Crippen molar-refractivity contribution in [2.24, 2.45) is 5.92 Å². The number of morpholine rings is 1. The molecular weight excluding hydrogens is 478 g/mol. The molecule has 1 fully saturated rings. The third kappa shape index (κ3) is 6.08. The Labute approximate surface area is 224 Å². The zero-order chi connectivity index (χ0) is 26.3. The molecule has 38 heavy (non-hydrogen) atoms. The van der Waals surface area contributed by atoms with Crippen LogP contribution in [0.1, 0.15) is 37.4 Å². The number of aromatic nitrogens is 1. The molecule has 2 aliphatic rings. The maximum absolute atomic E-state index is 12.0. The summed E-state index contributed by atoms with van der Waals surface area (Å²) in [6, 6.07) is 17.6. The first-order valence-electron chi connectivity index (χ1n) is 13.2. The Balaban J connectivity index is 1.45. The van der Waals surface area contributed by atoms with Gasteiger partial charge in [0.1, 0.15) is 29.7 Å². The van der Waals surface area contributed by atoms with Crippen molar-refractivity contribution in [3.8, 4) is 5.75 Å². The van der Waals surface area contributed by atoms with Crippen molar-refractivity contribution in [1.29, 1.82) is 0 Å². The molecule has 3 aromatic rings. The molecule has 1 atom stereocenters. The molecule has 0 amide bonds. The summed E-state index contributed by atoms with van der Waals surface area (Å²) in [4.78, 5) is 19.2. The van der Waals surface area contributed by atoms with E-state index in [-0.39, 0.29) is 0 Å². The number of rotatable bonds is 10. The molecule has 5 rings (SSSR count). The lowest BCUT2D eigenvalue weighted by atomic mass is 9.99. The van der Waals surface area contributed by atoms with E-state index in [1.54, 1.807) is 6.20 Å². The monoisotopic (exact) mass is 513 g/mol. The molecular formula is C30H35N5O3. The van der Waals surface area contributed by atoms with E-state index in [1.165, 1.54) is 0 Å². The van der Waals surface area contributed by atoms with Crippen LogP contribution in [-0.2, 0) is 9.53 Å². The first-order valence-corrected chi connectivity index (χ1v) is 13.2. The first-order chi connectivity index (χ1) is 18.6. The lowest BCUT2D eigenvalue weighted by Crippen LogP contribution is -2.36. The molecule has 0 saturated carbocycles. The minimum atomic E-state index is -0.502. The van der Waals surface area contributed by atoms with Gasteiger partial charge in [-0.05, 0) is 66.6 Å². The molecule has 0 spiro atoms. The number of carbonyl (C=O) groups is 1. The fraction of sp³-hybridized carbons (Fsp3) is 0.333. The number of anilines is 5. The van der Waals surface area contributed by atoms with Gasteiger partial charge in [0.05, 0.1) is 25.5 Å². The van der Waals surface area contributed by atoms with Gasteiger partial charge in [-0.2, -0.15) is 0 Å². The van der Waals surface area contributed by atoms with Gasteiger partial charge in [0.2, 0.25) is 0 Å². The van der Waals surface area contributed by atoms with Crippen LogP contribution in [0.15, 0.2) is 60.8 Å². The average molecular weight is 514 g/mol. The van der Waals surface area contributed by atoms with Gasteiger partial charge in [0.15, 0.2) is 0 Å². The molecule has 3 N–H and O–H groups in total. The summed E-state index contributed by atoms with van der Waals surface area (Å²) in [5, 5.41) is 10.1. The van der Waals surface area contributed by atoms with Crippen molar-refractivity contribution in [3.05, 3.63) is 71.9 Å². The predicted molar refractivity (Wildman–Crippen MR) is 153 cm³/mol. The average Bonchev–Trinajstić information content (AvgIpc) is 2.94. The van der Waals surface area contributed by atoms with Crippen LogP contribution in [0.3, 0.4) is 0 Å². The SMILES string of the molecule is CC(C)CCOc1ccccc1Nc1nc(Nc2cccc(N3CCOCC3)c2)cc2c1C(C=O)NC=C2. The highest BCUT2D eigenvalue weighted by Crippen LogP contribution is 2.36. The first kappa shape index (κ1) is 25.6. The van der Waals surface area contributed by atoms with E-state index in [0.29, 0.717) is 24.2 Å². The standard InChI is InChI=1S/C30H35N5O3/c1-21(2)11-15-38-27-9-4-3-8-25(27)33-30-29-22(10-12-31-26(29)20-36)18-28(34-30)32-23-6-5-7-24(19-23)35-13-16-37-17-14-35/h3-10,12,18-21,26,31H,11,13-17H2,1-2H3,(H2,32,33,34). The molecule has 198 valence electrons. The van der Waals surface area contributed by atoms with Crippen molar-refractivity contribution >= 4 is 41.1 Å². The van der Waals surface area contributed by atoms with E-state index in [9.17, 15) is 4.79 Å². The topological polar surface area (TPSA) is 87.8 Å². The Morgan fingerprint density at radius 3 is 2.79 bits per heavy atom. The van der Waals surface area contributed by atoms with Crippen molar-refractivity contribution in [2.75, 3.05) is 48.4 Å². The summed E-state index contributed by atoms with van der Waals surface area (Å²) >= 11 is 0. The number of benzene rings is 2. The molecule has 2 aliphatic heterocycles. The van der Waals surface area contributed by atoms with Crippen molar-refractivity contribution in [2.45, 2.75) is 26.3 Å². The number of hydrogen-bond acceptors (Lipinski definition) is 8. The Bertz CT molecular complexity index is 1290. The Kier molecular flexibility index (Phi) is 8.09. The summed E-state index contributed by atoms with van der Waals surface area (Å²) in [6.07, 6.45) is 5.63. The highest BCUT2D eigenvalue weighted by Gasteiger charge is 2.23. The van der Waals surface area contributed by atoms with E-state index >= 15 is 0 Å². The number of hydrogen-bond donors (Lipinski definition) is 3. The molecule has 2 aromatic carbocycles. The zero-order valence-corrected chi connectivity index (χ0v) is 21.9. The largest absolute Gasteiger partial charge is 0.491 e. The van der Waals surface area contributed by atoms with E-state index < -0.39 is 6.04 Å². The summed E-state index contributed by atoms with van der Waals surface area (Å²) in [5.74, 6) is 2.59. The molecule has 0 radical (unpaired) electrons. The van der Waals surface area contributed by atoms with Crippen LogP contribution in [-0.4, -0.2) is 44.2 Å². The van der Waals surface area contributed by atoms with Crippen molar-refractivity contribution in [3.63, 3.8) is 0 Å². The fourth-order valence-corrected chi connectivity index (χ4v) is 4.61. The van der Waals surface area contributed by atoms with Gasteiger partial charge < -0.3 is 35.1 Å². The molecule has 0 aliphatic carbocycles. The summed E-state index contributed by atoms with van der Waals surface area (Å²) < 4.78 is 11.6. The van der Waals surface area contributed by atoms with Crippen LogP contribution >= 0.6 is 0 Å². The maximum atomic E-state index is 12.0. The second-order valence-electron chi connectivity index (χ2n) is 9.90. The van der Waals surface area contributed by atoms with Crippen LogP contribution in [0.2, 0.25) is 0 Å². The molecule has 1 aromatic heterocycles. The van der Waals surface area contributed by atoms with Crippen LogP contribution in [0, 0.1) is 5.92 Å². The Hall–Kier alpha value is -4.04. The van der Waals surface area contributed by atoms with Crippen LogP contribution in [0.25, 0.3) is 6.08 Å². The fourth-order valence-electron chi connectivity index (χ4n) is 4.61. The smallest absolute Gasteiger partial charge is 0.146 e. The molecule has 1 unspecified atom stereocenters. The summed E-state index contributed by atoms with van der Waals surface area (Å²) in [6.45, 7) is 8.21. The number of fused-ring (bicyclic) bond motifs is 1. The summed E-state index contributed by atoms with van der Waals surface area (Å²) in [7, 11) is 0. The number of nitrogens with one attached hydrogen (secondary N) is 3. The molecule has 0 bridgehead atoms. The molecule has 8 nitrogen and oxygen atoms in total. The second kappa shape index (κ2) is 12.0. The Morgan fingerprint density at radius 2 is 1.97 bits per heavy atom. The van der Waals surface area contributed by atoms with Gasteiger partial charge in [-0.15, -0.1) is 0 Å². The number of ether oxygens (including phenoxy) is 2. The third-order valence-electron chi connectivity index (χ3n) is 6.66. The van der Waals surface area contributed by atoms with Crippen LogP contribution < -0.4 is 25.6 Å². The number of nitrogens with zero attached hydrogens (tertiary/aromatic N) is 2. The van der Waals surface area contributed by atoms with Crippen molar-refractivity contribution < 1.29 is 14.3 Å². The van der Waals surface area contributed by atoms with Crippen molar-refractivity contribution in [1.82, 2.24) is 10.3 Å². The van der Waals surface area contributed by atoms with Gasteiger partial charge in [0, 0.05) is 30.0 Å². The highest BCUT2D eigenvalue weighted by molar-refractivity contribution is 5.80. The second-order valence-corrected chi connectivity index (χ2v) is 9.90. The van der Waals surface area contributed by atoms with E-state index in [0.717, 1.165) is 72.9 Å². The minimum Gasteiger partial charge on any atom is -0.491 e. The minimum absolute atomic E-state index is 0.502. The highest BCUT2D eigenvalue weighted by atomic mass is 16.5. The van der Waals surface area contributed by atoms with Crippen LogP contribution in [0.4, 0.5) is 28.7 Å². The zero-order valence-electron chi connectivity index (χ0n) is 21.9. The van der Waals surface area contributed by atoms with E-state index in [2.05, 4.69) is 46.8 Å². The quantitative estimate of drug-likeness (QED) is 0.300. The molecule has 1 saturated heterocycles. The maximum Gasteiger partial charge on any atom is 0.146 e. The number of pyridine rings is 1. The van der Waals surface area contributed by atoms with Gasteiger partial charge in [-0.25, -0.2) is 4.98 Å². The number of para-hydroxylation sites is 2. The predicted octanol–water partition coefficient (Wildman–Crippen LogP) is 5.64. The number of aldehydes is 1.